The van der Waals surface area contributed by atoms with E-state index in [-0.39, 0.29) is 0 Å². The molecule has 0 nitrogen and oxygen atoms in total. The molecule has 0 bridgehead atoms. The van der Waals surface area contributed by atoms with E-state index in [0.29, 0.717) is 0 Å². The number of rotatable bonds is 2. The second kappa shape index (κ2) is 7.02. The summed E-state index contributed by atoms with van der Waals surface area (Å²) in [7, 11) is 0. The first-order valence-corrected chi connectivity index (χ1v) is 9.43. The summed E-state index contributed by atoms with van der Waals surface area (Å²) >= 11 is 2.25. The molecule has 19 heavy (non-hydrogen) atoms. The van der Waals surface area contributed by atoms with E-state index >= 15 is 0 Å². The molecule has 3 rings (SSSR count). The Hall–Kier alpha value is -0.170. The van der Waals surface area contributed by atoms with Gasteiger partial charge in [0.15, 0.2) is 0 Å². The second-order valence-corrected chi connectivity index (χ2v) is 7.73. The Kier molecular flexibility index (Phi) is 5.09. The third kappa shape index (κ3) is 3.90. The van der Waals surface area contributed by atoms with E-state index in [1.807, 2.05) is 0 Å². The van der Waals surface area contributed by atoms with Crippen LogP contribution in [0.2, 0.25) is 0 Å². The lowest BCUT2D eigenvalue weighted by Crippen LogP contribution is -2.04. The van der Waals surface area contributed by atoms with Crippen LogP contribution in [-0.4, -0.2) is 10.5 Å². The number of hydrogen-bond acceptors (Lipinski definition) is 1. The van der Waals surface area contributed by atoms with Crippen LogP contribution in [0.1, 0.15) is 77.0 Å². The molecule has 1 fully saturated rings. The van der Waals surface area contributed by atoms with Gasteiger partial charge in [-0.25, -0.2) is 0 Å². The van der Waals surface area contributed by atoms with Crippen molar-refractivity contribution in [3.63, 3.8) is 0 Å². The van der Waals surface area contributed by atoms with Gasteiger partial charge in [-0.05, 0) is 51.4 Å². The van der Waals surface area contributed by atoms with Crippen LogP contribution in [0, 0.1) is 0 Å². The summed E-state index contributed by atoms with van der Waals surface area (Å²) in [6, 6.07) is 0. The van der Waals surface area contributed by atoms with Gasteiger partial charge in [0, 0.05) is 10.5 Å². The highest BCUT2D eigenvalue weighted by atomic mass is 32.2. The fourth-order valence-electron chi connectivity index (χ4n) is 3.63. The van der Waals surface area contributed by atoms with Gasteiger partial charge in [0.2, 0.25) is 0 Å². The molecule has 0 aromatic carbocycles. The van der Waals surface area contributed by atoms with Gasteiger partial charge in [-0.2, -0.15) is 0 Å². The van der Waals surface area contributed by atoms with Crippen LogP contribution in [0.5, 0.6) is 0 Å². The van der Waals surface area contributed by atoms with Crippen LogP contribution < -0.4 is 0 Å². The molecule has 3 aliphatic rings. The largest absolute Gasteiger partial charge is 0.143 e. The quantitative estimate of drug-likeness (QED) is 0.438. The van der Waals surface area contributed by atoms with Gasteiger partial charge in [-0.15, -0.1) is 11.8 Å². The molecular weight excluding hydrogens is 248 g/mol. The second-order valence-electron chi connectivity index (χ2n) is 6.44. The van der Waals surface area contributed by atoms with Crippen LogP contribution in [0.15, 0.2) is 23.3 Å². The zero-order chi connectivity index (χ0) is 12.9. The minimum Gasteiger partial charge on any atom is -0.143 e. The van der Waals surface area contributed by atoms with E-state index in [2.05, 4.69) is 23.9 Å². The molecule has 1 heterocycles. The molecular formula is C18H28S. The van der Waals surface area contributed by atoms with Crippen molar-refractivity contribution in [1.82, 2.24) is 0 Å². The van der Waals surface area contributed by atoms with Crippen molar-refractivity contribution in [3.05, 3.63) is 23.3 Å². The van der Waals surface area contributed by atoms with Crippen molar-refractivity contribution in [3.8, 4) is 0 Å². The predicted octanol–water partition coefficient (Wildman–Crippen LogP) is 6.03. The lowest BCUT2D eigenvalue weighted by molar-refractivity contribution is 0.611. The van der Waals surface area contributed by atoms with Gasteiger partial charge in [-0.1, -0.05) is 49.0 Å². The van der Waals surface area contributed by atoms with Gasteiger partial charge in [-0.3, -0.25) is 0 Å². The Morgan fingerprint density at radius 2 is 1.11 bits per heavy atom. The predicted molar refractivity (Wildman–Crippen MR) is 86.7 cm³/mol. The molecule has 0 spiro atoms. The summed E-state index contributed by atoms with van der Waals surface area (Å²) in [6.07, 6.45) is 22.2. The Morgan fingerprint density at radius 3 is 1.63 bits per heavy atom. The molecule has 1 saturated heterocycles. The summed E-state index contributed by atoms with van der Waals surface area (Å²) in [5, 5.41) is 1.76. The fourth-order valence-corrected chi connectivity index (χ4v) is 4.98. The topological polar surface area (TPSA) is 0 Å². The Bertz CT molecular complexity index is 319. The van der Waals surface area contributed by atoms with Crippen molar-refractivity contribution in [2.24, 2.45) is 0 Å². The first-order chi connectivity index (χ1) is 9.45. The minimum absolute atomic E-state index is 0.878. The van der Waals surface area contributed by atoms with Gasteiger partial charge >= 0.3 is 0 Å². The Balaban J connectivity index is 1.59. The van der Waals surface area contributed by atoms with Gasteiger partial charge in [0.05, 0.1) is 0 Å². The van der Waals surface area contributed by atoms with E-state index in [4.69, 9.17) is 0 Å². The summed E-state index contributed by atoms with van der Waals surface area (Å²) in [5.74, 6) is 0. The third-order valence-electron chi connectivity index (χ3n) is 4.87. The van der Waals surface area contributed by atoms with Crippen molar-refractivity contribution in [2.75, 3.05) is 0 Å². The van der Waals surface area contributed by atoms with E-state index in [1.54, 1.807) is 11.1 Å². The molecule has 1 heteroatoms. The standard InChI is InChI=1S/C18H28S/c1-3-7-11-15(12-8-4-1)17-18(19-17)16-13-9-5-2-6-10-14-16/h11,13,17-18H,1-10,12,14H2/b15-11+,16-13+. The maximum Gasteiger partial charge on any atom is 0.0419 e. The van der Waals surface area contributed by atoms with Crippen LogP contribution in [0.25, 0.3) is 0 Å². The molecule has 0 aromatic rings. The van der Waals surface area contributed by atoms with Crippen molar-refractivity contribution < 1.29 is 0 Å². The van der Waals surface area contributed by atoms with Gasteiger partial charge in [0.1, 0.15) is 0 Å². The lowest BCUT2D eigenvalue weighted by atomic mass is 9.92. The monoisotopic (exact) mass is 276 g/mol. The average Bonchev–Trinajstić information content (AvgIpc) is 3.08. The summed E-state index contributed by atoms with van der Waals surface area (Å²) in [6.45, 7) is 0. The van der Waals surface area contributed by atoms with Crippen LogP contribution in [-0.2, 0) is 0 Å². The summed E-state index contributed by atoms with van der Waals surface area (Å²) in [5.41, 5.74) is 3.61. The molecule has 0 radical (unpaired) electrons. The molecule has 0 N–H and O–H groups in total. The molecule has 0 saturated carbocycles. The number of allylic oxidation sites excluding steroid dienone is 2. The first-order valence-electron chi connectivity index (χ1n) is 8.48. The highest BCUT2D eigenvalue weighted by Gasteiger charge is 2.42. The first kappa shape index (κ1) is 13.8. The van der Waals surface area contributed by atoms with Gasteiger partial charge < -0.3 is 0 Å². The SMILES string of the molecule is C1=C(/C2SC2/C2=C/CCCCCC2)CCCCCC/1. The highest BCUT2D eigenvalue weighted by molar-refractivity contribution is 8.08. The summed E-state index contributed by atoms with van der Waals surface area (Å²) in [4.78, 5) is 0. The van der Waals surface area contributed by atoms with E-state index in [1.165, 1.54) is 77.0 Å². The Morgan fingerprint density at radius 1 is 0.632 bits per heavy atom. The maximum absolute atomic E-state index is 2.60. The molecule has 2 aliphatic carbocycles. The lowest BCUT2D eigenvalue weighted by Gasteiger charge is -2.13. The molecule has 106 valence electrons. The van der Waals surface area contributed by atoms with Crippen molar-refractivity contribution in [1.29, 1.82) is 0 Å². The van der Waals surface area contributed by atoms with Crippen LogP contribution in [0.3, 0.4) is 0 Å². The Labute approximate surface area is 123 Å². The van der Waals surface area contributed by atoms with E-state index in [0.717, 1.165) is 10.5 Å². The normalized spacial score (nSPS) is 38.7. The third-order valence-corrected chi connectivity index (χ3v) is 6.30. The molecule has 2 unspecified atom stereocenters. The average molecular weight is 276 g/mol. The zero-order valence-corrected chi connectivity index (χ0v) is 13.0. The van der Waals surface area contributed by atoms with E-state index in [9.17, 15) is 0 Å². The maximum atomic E-state index is 2.60. The van der Waals surface area contributed by atoms with Crippen molar-refractivity contribution in [2.45, 2.75) is 87.5 Å². The highest BCUT2D eigenvalue weighted by Crippen LogP contribution is 2.53. The van der Waals surface area contributed by atoms with Crippen molar-refractivity contribution >= 4 is 11.8 Å². The fraction of sp³-hybridized carbons (Fsp3) is 0.778. The minimum atomic E-state index is 0.878. The van der Waals surface area contributed by atoms with E-state index < -0.39 is 0 Å². The van der Waals surface area contributed by atoms with Crippen LogP contribution in [0.4, 0.5) is 0 Å². The van der Waals surface area contributed by atoms with Gasteiger partial charge in [0.25, 0.3) is 0 Å². The zero-order valence-electron chi connectivity index (χ0n) is 12.2. The summed E-state index contributed by atoms with van der Waals surface area (Å²) < 4.78 is 0. The number of hydrogen-bond donors (Lipinski definition) is 0. The smallest absolute Gasteiger partial charge is 0.0419 e. The van der Waals surface area contributed by atoms with Crippen LogP contribution >= 0.6 is 11.8 Å². The molecule has 0 amide bonds. The molecule has 2 atom stereocenters. The molecule has 1 aliphatic heterocycles. The molecule has 0 aromatic heterocycles. The number of thioether (sulfide) groups is 1.